The minimum absolute atomic E-state index is 0.809. The third kappa shape index (κ3) is 1.48. The van der Waals surface area contributed by atoms with E-state index in [4.69, 9.17) is 4.74 Å². The Hall–Kier alpha value is -1.18. The molecule has 3 rings (SSSR count). The lowest BCUT2D eigenvalue weighted by molar-refractivity contribution is 0.414. The van der Waals surface area contributed by atoms with Crippen molar-refractivity contribution in [1.29, 1.82) is 0 Å². The summed E-state index contributed by atoms with van der Waals surface area (Å²) in [4.78, 5) is 2.56. The molecule has 0 aromatic heterocycles. The smallest absolute Gasteiger partial charge is 0.119 e. The molecule has 1 aliphatic carbocycles. The molecule has 1 aromatic carbocycles. The highest BCUT2D eigenvalue weighted by atomic mass is 16.5. The van der Waals surface area contributed by atoms with Crippen LogP contribution in [0.5, 0.6) is 5.75 Å². The van der Waals surface area contributed by atoms with Gasteiger partial charge in [0.05, 0.1) is 7.11 Å². The number of hydrogen-bond acceptors (Lipinski definition) is 2. The normalized spacial score (nSPS) is 28.5. The predicted octanol–water partition coefficient (Wildman–Crippen LogP) is 2.68. The monoisotopic (exact) mass is 203 g/mol. The van der Waals surface area contributed by atoms with E-state index in [1.807, 2.05) is 0 Å². The summed E-state index contributed by atoms with van der Waals surface area (Å²) in [6.45, 7) is 1.26. The lowest BCUT2D eigenvalue weighted by Crippen LogP contribution is -2.31. The van der Waals surface area contributed by atoms with Crippen molar-refractivity contribution in [3.05, 3.63) is 24.3 Å². The standard InChI is InChI=1S/C13H17NO/c1-15-13-6-4-11(5-7-13)14-9-10-2-3-12(14)8-10/h4-7,10,12H,2-3,8-9H2,1H3. The molecule has 2 aliphatic rings. The Morgan fingerprint density at radius 1 is 1.20 bits per heavy atom. The van der Waals surface area contributed by atoms with E-state index in [9.17, 15) is 0 Å². The van der Waals surface area contributed by atoms with Crippen LogP contribution >= 0.6 is 0 Å². The molecule has 0 radical (unpaired) electrons. The molecule has 15 heavy (non-hydrogen) atoms. The zero-order valence-corrected chi connectivity index (χ0v) is 9.15. The molecule has 80 valence electrons. The van der Waals surface area contributed by atoms with Crippen LogP contribution in [-0.2, 0) is 0 Å². The molecule has 0 spiro atoms. The maximum absolute atomic E-state index is 5.18. The highest BCUT2D eigenvalue weighted by Gasteiger charge is 2.37. The lowest BCUT2D eigenvalue weighted by atomic mass is 10.1. The molecule has 0 amide bonds. The average molecular weight is 203 g/mol. The van der Waals surface area contributed by atoms with Gasteiger partial charge in [-0.3, -0.25) is 0 Å². The molecule has 2 heteroatoms. The number of fused-ring (bicyclic) bond motifs is 2. The summed E-state index contributed by atoms with van der Waals surface area (Å²) >= 11 is 0. The van der Waals surface area contributed by atoms with Crippen molar-refractivity contribution in [3.8, 4) is 5.75 Å². The summed E-state index contributed by atoms with van der Waals surface area (Å²) < 4.78 is 5.18. The van der Waals surface area contributed by atoms with Gasteiger partial charge in [-0.25, -0.2) is 0 Å². The molecule has 1 aliphatic heterocycles. The van der Waals surface area contributed by atoms with Crippen molar-refractivity contribution in [2.45, 2.75) is 25.3 Å². The number of piperidine rings is 1. The van der Waals surface area contributed by atoms with E-state index in [0.717, 1.165) is 17.7 Å². The molecular formula is C13H17NO. The number of anilines is 1. The van der Waals surface area contributed by atoms with Crippen molar-refractivity contribution < 1.29 is 4.74 Å². The Morgan fingerprint density at radius 2 is 2.00 bits per heavy atom. The van der Waals surface area contributed by atoms with Gasteiger partial charge in [0, 0.05) is 18.3 Å². The van der Waals surface area contributed by atoms with Gasteiger partial charge >= 0.3 is 0 Å². The molecule has 2 fully saturated rings. The molecule has 2 atom stereocenters. The second kappa shape index (κ2) is 3.44. The van der Waals surface area contributed by atoms with E-state index >= 15 is 0 Å². The Balaban J connectivity index is 1.81. The second-order valence-electron chi connectivity index (χ2n) is 4.68. The summed E-state index contributed by atoms with van der Waals surface area (Å²) in [5, 5.41) is 0. The molecule has 2 bridgehead atoms. The average Bonchev–Trinajstić information content (AvgIpc) is 2.91. The maximum atomic E-state index is 5.18. The molecule has 1 saturated carbocycles. The first-order valence-electron chi connectivity index (χ1n) is 5.77. The van der Waals surface area contributed by atoms with Gasteiger partial charge < -0.3 is 9.64 Å². The molecule has 1 heterocycles. The van der Waals surface area contributed by atoms with Gasteiger partial charge in [-0.15, -0.1) is 0 Å². The minimum Gasteiger partial charge on any atom is -0.497 e. The molecule has 0 N–H and O–H groups in total. The summed E-state index contributed by atoms with van der Waals surface area (Å²) in [5.74, 6) is 1.90. The van der Waals surface area contributed by atoms with Crippen LogP contribution in [0.1, 0.15) is 19.3 Å². The van der Waals surface area contributed by atoms with Crippen LogP contribution in [0.4, 0.5) is 5.69 Å². The SMILES string of the molecule is COc1ccc(N2CC3CCC2C3)cc1. The number of hydrogen-bond donors (Lipinski definition) is 0. The van der Waals surface area contributed by atoms with Crippen LogP contribution in [0, 0.1) is 5.92 Å². The first kappa shape index (κ1) is 9.08. The first-order chi connectivity index (χ1) is 7.36. The third-order valence-corrected chi connectivity index (χ3v) is 3.81. The van der Waals surface area contributed by atoms with Gasteiger partial charge in [0.15, 0.2) is 0 Å². The fourth-order valence-electron chi connectivity index (χ4n) is 3.01. The van der Waals surface area contributed by atoms with Crippen molar-refractivity contribution in [1.82, 2.24) is 0 Å². The van der Waals surface area contributed by atoms with Crippen LogP contribution in [-0.4, -0.2) is 19.7 Å². The van der Waals surface area contributed by atoms with Gasteiger partial charge in [-0.05, 0) is 49.4 Å². The van der Waals surface area contributed by atoms with E-state index in [1.54, 1.807) is 7.11 Å². The fourth-order valence-corrected chi connectivity index (χ4v) is 3.01. The Morgan fingerprint density at radius 3 is 2.53 bits per heavy atom. The first-order valence-corrected chi connectivity index (χ1v) is 5.77. The zero-order chi connectivity index (χ0) is 10.3. The zero-order valence-electron chi connectivity index (χ0n) is 9.15. The quantitative estimate of drug-likeness (QED) is 0.732. The number of ether oxygens (including phenoxy) is 1. The summed E-state index contributed by atoms with van der Waals surface area (Å²) in [6.07, 6.45) is 4.24. The van der Waals surface area contributed by atoms with E-state index in [0.29, 0.717) is 0 Å². The number of benzene rings is 1. The van der Waals surface area contributed by atoms with Crippen molar-refractivity contribution in [2.24, 2.45) is 5.92 Å². The maximum Gasteiger partial charge on any atom is 0.119 e. The summed E-state index contributed by atoms with van der Waals surface area (Å²) in [7, 11) is 1.72. The number of nitrogens with zero attached hydrogens (tertiary/aromatic N) is 1. The fraction of sp³-hybridized carbons (Fsp3) is 0.538. The Labute approximate surface area is 90.8 Å². The van der Waals surface area contributed by atoms with Crippen molar-refractivity contribution in [2.75, 3.05) is 18.6 Å². The topological polar surface area (TPSA) is 12.5 Å². The largest absolute Gasteiger partial charge is 0.497 e. The number of rotatable bonds is 2. The minimum atomic E-state index is 0.809. The van der Waals surface area contributed by atoms with Gasteiger partial charge in [0.2, 0.25) is 0 Å². The van der Waals surface area contributed by atoms with Gasteiger partial charge in [0.1, 0.15) is 5.75 Å². The lowest BCUT2D eigenvalue weighted by Gasteiger charge is -2.29. The number of methoxy groups -OCH3 is 1. The van der Waals surface area contributed by atoms with E-state index in [2.05, 4.69) is 29.2 Å². The van der Waals surface area contributed by atoms with Crippen LogP contribution in [0.2, 0.25) is 0 Å². The third-order valence-electron chi connectivity index (χ3n) is 3.81. The summed E-state index contributed by atoms with van der Waals surface area (Å²) in [5.41, 5.74) is 1.36. The van der Waals surface area contributed by atoms with E-state index in [-0.39, 0.29) is 0 Å². The van der Waals surface area contributed by atoms with Crippen LogP contribution < -0.4 is 9.64 Å². The van der Waals surface area contributed by atoms with Crippen molar-refractivity contribution >= 4 is 5.69 Å². The van der Waals surface area contributed by atoms with E-state index < -0.39 is 0 Å². The van der Waals surface area contributed by atoms with Crippen LogP contribution in [0.25, 0.3) is 0 Å². The summed E-state index contributed by atoms with van der Waals surface area (Å²) in [6, 6.07) is 9.28. The predicted molar refractivity (Wildman–Crippen MR) is 61.5 cm³/mol. The van der Waals surface area contributed by atoms with Gasteiger partial charge in [0.25, 0.3) is 0 Å². The van der Waals surface area contributed by atoms with Gasteiger partial charge in [-0.2, -0.15) is 0 Å². The van der Waals surface area contributed by atoms with E-state index in [1.165, 1.54) is 31.5 Å². The van der Waals surface area contributed by atoms with Gasteiger partial charge in [-0.1, -0.05) is 0 Å². The Kier molecular flexibility index (Phi) is 2.08. The molecule has 2 nitrogen and oxygen atoms in total. The molecule has 1 aromatic rings. The molecule has 2 unspecified atom stereocenters. The molecular weight excluding hydrogens is 186 g/mol. The second-order valence-corrected chi connectivity index (χ2v) is 4.68. The highest BCUT2D eigenvalue weighted by Crippen LogP contribution is 2.40. The van der Waals surface area contributed by atoms with Crippen molar-refractivity contribution in [3.63, 3.8) is 0 Å². The van der Waals surface area contributed by atoms with Crippen LogP contribution in [0.15, 0.2) is 24.3 Å². The van der Waals surface area contributed by atoms with Crippen LogP contribution in [0.3, 0.4) is 0 Å². The molecule has 1 saturated heterocycles. The highest BCUT2D eigenvalue weighted by molar-refractivity contribution is 5.51. The Bertz CT molecular complexity index is 346.